The van der Waals surface area contributed by atoms with Gasteiger partial charge in [-0.2, -0.15) is 0 Å². The predicted molar refractivity (Wildman–Crippen MR) is 81.5 cm³/mol. The minimum Gasteiger partial charge on any atom is -0.494 e. The van der Waals surface area contributed by atoms with E-state index in [1.54, 1.807) is 44.2 Å². The fourth-order valence-corrected chi connectivity index (χ4v) is 2.19. The lowest BCUT2D eigenvalue weighted by Gasteiger charge is -2.08. The van der Waals surface area contributed by atoms with Gasteiger partial charge in [0.15, 0.2) is 5.78 Å². The third-order valence-electron chi connectivity index (χ3n) is 3.27. The van der Waals surface area contributed by atoms with E-state index in [1.165, 1.54) is 0 Å². The van der Waals surface area contributed by atoms with E-state index in [2.05, 4.69) is 0 Å². The number of rotatable bonds is 5. The van der Waals surface area contributed by atoms with Gasteiger partial charge < -0.3 is 4.74 Å². The van der Waals surface area contributed by atoms with Crippen molar-refractivity contribution in [2.24, 2.45) is 0 Å². The van der Waals surface area contributed by atoms with Crippen molar-refractivity contribution in [3.05, 3.63) is 64.5 Å². The first kappa shape index (κ1) is 15.2. The van der Waals surface area contributed by atoms with E-state index < -0.39 is 0 Å². The maximum atomic E-state index is 13.6. The standard InChI is InChI=1S/C18H19FO2/c1-4-8-21-16-7-5-6-14(11-16)18(20)15-9-12(2)17(19)13(3)10-15/h5-7,9-11H,4,8H2,1-3H3. The van der Waals surface area contributed by atoms with Crippen LogP contribution in [0.5, 0.6) is 5.75 Å². The average Bonchev–Trinajstić information content (AvgIpc) is 2.49. The van der Waals surface area contributed by atoms with Gasteiger partial charge in [-0.05, 0) is 55.7 Å². The van der Waals surface area contributed by atoms with Gasteiger partial charge >= 0.3 is 0 Å². The first-order chi connectivity index (χ1) is 10.0. The van der Waals surface area contributed by atoms with Crippen molar-refractivity contribution in [2.75, 3.05) is 6.61 Å². The molecule has 110 valence electrons. The number of hydrogen-bond donors (Lipinski definition) is 0. The minimum absolute atomic E-state index is 0.122. The molecule has 0 unspecified atom stereocenters. The number of ether oxygens (including phenoxy) is 1. The monoisotopic (exact) mass is 286 g/mol. The molecule has 0 radical (unpaired) electrons. The first-order valence-electron chi connectivity index (χ1n) is 7.07. The van der Waals surface area contributed by atoms with E-state index in [9.17, 15) is 9.18 Å². The summed E-state index contributed by atoms with van der Waals surface area (Å²) < 4.78 is 19.2. The van der Waals surface area contributed by atoms with Gasteiger partial charge in [0.1, 0.15) is 11.6 Å². The lowest BCUT2D eigenvalue weighted by molar-refractivity contribution is 0.103. The molecule has 0 aliphatic heterocycles. The summed E-state index contributed by atoms with van der Waals surface area (Å²) in [5.41, 5.74) is 2.02. The van der Waals surface area contributed by atoms with Crippen molar-refractivity contribution in [1.29, 1.82) is 0 Å². The molecule has 2 aromatic rings. The quantitative estimate of drug-likeness (QED) is 0.758. The van der Waals surface area contributed by atoms with Gasteiger partial charge in [-0.1, -0.05) is 19.1 Å². The smallest absolute Gasteiger partial charge is 0.193 e. The van der Waals surface area contributed by atoms with Crippen LogP contribution in [0.4, 0.5) is 4.39 Å². The average molecular weight is 286 g/mol. The molecule has 0 amide bonds. The number of carbonyl (C=O) groups is 1. The lowest BCUT2D eigenvalue weighted by Crippen LogP contribution is -2.04. The molecule has 0 aliphatic carbocycles. The van der Waals surface area contributed by atoms with Crippen LogP contribution in [0.3, 0.4) is 0 Å². The Kier molecular flexibility index (Phi) is 4.73. The van der Waals surface area contributed by atoms with Gasteiger partial charge in [0.2, 0.25) is 0 Å². The number of hydrogen-bond acceptors (Lipinski definition) is 2. The van der Waals surface area contributed by atoms with Crippen molar-refractivity contribution >= 4 is 5.78 Å². The Hall–Kier alpha value is -2.16. The zero-order valence-corrected chi connectivity index (χ0v) is 12.6. The zero-order chi connectivity index (χ0) is 15.4. The molecule has 0 atom stereocenters. The van der Waals surface area contributed by atoms with Crippen LogP contribution in [0.25, 0.3) is 0 Å². The van der Waals surface area contributed by atoms with Crippen LogP contribution < -0.4 is 4.74 Å². The van der Waals surface area contributed by atoms with Crippen molar-refractivity contribution < 1.29 is 13.9 Å². The van der Waals surface area contributed by atoms with E-state index >= 15 is 0 Å². The van der Waals surface area contributed by atoms with Crippen LogP contribution in [-0.4, -0.2) is 12.4 Å². The van der Waals surface area contributed by atoms with Crippen LogP contribution in [-0.2, 0) is 0 Å². The highest BCUT2D eigenvalue weighted by Gasteiger charge is 2.13. The normalized spacial score (nSPS) is 10.5. The van der Waals surface area contributed by atoms with Gasteiger partial charge in [0, 0.05) is 11.1 Å². The summed E-state index contributed by atoms with van der Waals surface area (Å²) in [5.74, 6) is 0.299. The molecule has 0 saturated carbocycles. The largest absolute Gasteiger partial charge is 0.494 e. The first-order valence-corrected chi connectivity index (χ1v) is 7.07. The molecule has 3 heteroatoms. The van der Waals surface area contributed by atoms with E-state index in [0.29, 0.717) is 34.6 Å². The second kappa shape index (κ2) is 6.53. The second-order valence-electron chi connectivity index (χ2n) is 5.13. The summed E-state index contributed by atoms with van der Waals surface area (Å²) in [7, 11) is 0. The van der Waals surface area contributed by atoms with Gasteiger partial charge in [0.25, 0.3) is 0 Å². The van der Waals surface area contributed by atoms with Crippen LogP contribution in [0, 0.1) is 19.7 Å². The highest BCUT2D eigenvalue weighted by Crippen LogP contribution is 2.20. The number of benzene rings is 2. The number of aryl methyl sites for hydroxylation is 2. The van der Waals surface area contributed by atoms with Crippen LogP contribution in [0.2, 0.25) is 0 Å². The summed E-state index contributed by atoms with van der Waals surface area (Å²) in [4.78, 5) is 12.5. The number of carbonyl (C=O) groups excluding carboxylic acids is 1. The second-order valence-corrected chi connectivity index (χ2v) is 5.13. The van der Waals surface area contributed by atoms with Crippen LogP contribution in [0.1, 0.15) is 40.4 Å². The maximum absolute atomic E-state index is 13.6. The molecule has 0 spiro atoms. The summed E-state index contributed by atoms with van der Waals surface area (Å²) in [6, 6.07) is 10.3. The summed E-state index contributed by atoms with van der Waals surface area (Å²) in [5, 5.41) is 0. The third kappa shape index (κ3) is 3.48. The van der Waals surface area contributed by atoms with E-state index in [1.807, 2.05) is 13.0 Å². The summed E-state index contributed by atoms with van der Waals surface area (Å²) in [6.07, 6.45) is 0.911. The third-order valence-corrected chi connectivity index (χ3v) is 3.27. The minimum atomic E-state index is -0.258. The molecule has 0 fully saturated rings. The van der Waals surface area contributed by atoms with E-state index in [4.69, 9.17) is 4.74 Å². The molecule has 2 rings (SSSR count). The Bertz CT molecular complexity index is 639. The van der Waals surface area contributed by atoms with Crippen molar-refractivity contribution in [2.45, 2.75) is 27.2 Å². The predicted octanol–water partition coefficient (Wildman–Crippen LogP) is 4.46. The molecule has 0 N–H and O–H groups in total. The molecule has 2 aromatic carbocycles. The Balaban J connectivity index is 2.31. The maximum Gasteiger partial charge on any atom is 0.193 e. The van der Waals surface area contributed by atoms with Crippen molar-refractivity contribution in [3.8, 4) is 5.75 Å². The molecule has 0 saturated heterocycles. The number of ketones is 1. The molecule has 0 heterocycles. The van der Waals surface area contributed by atoms with E-state index in [0.717, 1.165) is 6.42 Å². The van der Waals surface area contributed by atoms with Gasteiger partial charge in [-0.3, -0.25) is 4.79 Å². The Labute approximate surface area is 124 Å². The van der Waals surface area contributed by atoms with Crippen molar-refractivity contribution in [3.63, 3.8) is 0 Å². The molecule has 21 heavy (non-hydrogen) atoms. The van der Waals surface area contributed by atoms with E-state index in [-0.39, 0.29) is 11.6 Å². The number of halogens is 1. The van der Waals surface area contributed by atoms with Gasteiger partial charge in [-0.25, -0.2) is 4.39 Å². The molecule has 0 aliphatic rings. The Morgan fingerprint density at radius 1 is 1.10 bits per heavy atom. The van der Waals surface area contributed by atoms with Gasteiger partial charge in [-0.15, -0.1) is 0 Å². The fourth-order valence-electron chi connectivity index (χ4n) is 2.19. The zero-order valence-electron chi connectivity index (χ0n) is 12.6. The molecule has 2 nitrogen and oxygen atoms in total. The Morgan fingerprint density at radius 3 is 2.38 bits per heavy atom. The summed E-state index contributed by atoms with van der Waals surface area (Å²) in [6.45, 7) is 5.98. The van der Waals surface area contributed by atoms with Crippen molar-refractivity contribution in [1.82, 2.24) is 0 Å². The van der Waals surface area contributed by atoms with Crippen LogP contribution >= 0.6 is 0 Å². The van der Waals surface area contributed by atoms with Crippen LogP contribution in [0.15, 0.2) is 36.4 Å². The SMILES string of the molecule is CCCOc1cccc(C(=O)c2cc(C)c(F)c(C)c2)c1. The summed E-state index contributed by atoms with van der Waals surface area (Å²) >= 11 is 0. The Morgan fingerprint density at radius 2 is 1.76 bits per heavy atom. The highest BCUT2D eigenvalue weighted by molar-refractivity contribution is 6.09. The molecule has 0 aromatic heterocycles. The lowest BCUT2D eigenvalue weighted by atomic mass is 9.99. The van der Waals surface area contributed by atoms with Gasteiger partial charge in [0.05, 0.1) is 6.61 Å². The fraction of sp³-hybridized carbons (Fsp3) is 0.278. The molecule has 0 bridgehead atoms. The molecular formula is C18H19FO2. The molecular weight excluding hydrogens is 267 g/mol. The highest BCUT2D eigenvalue weighted by atomic mass is 19.1. The topological polar surface area (TPSA) is 26.3 Å².